The van der Waals surface area contributed by atoms with Crippen molar-refractivity contribution < 1.29 is 9.90 Å². The number of rotatable bonds is 3. The predicted molar refractivity (Wildman–Crippen MR) is 79.8 cm³/mol. The van der Waals surface area contributed by atoms with Crippen molar-refractivity contribution >= 4 is 33.2 Å². The molecular formula is C13H8BrN3O2S. The molecule has 0 aliphatic heterocycles. The molecule has 0 radical (unpaired) electrons. The van der Waals surface area contributed by atoms with Gasteiger partial charge in [0.15, 0.2) is 0 Å². The molecule has 0 aromatic carbocycles. The lowest BCUT2D eigenvalue weighted by Crippen LogP contribution is -1.94. The summed E-state index contributed by atoms with van der Waals surface area (Å²) in [5, 5.41) is 11.6. The molecule has 3 heterocycles. The van der Waals surface area contributed by atoms with Crippen LogP contribution >= 0.6 is 27.3 Å². The second-order valence-electron chi connectivity index (χ2n) is 4.01. The Bertz CT molecular complexity index is 764. The number of hydrogen-bond acceptors (Lipinski definition) is 4. The van der Waals surface area contributed by atoms with Crippen LogP contribution in [0.4, 0.5) is 0 Å². The van der Waals surface area contributed by atoms with E-state index in [1.807, 2.05) is 17.5 Å². The van der Waals surface area contributed by atoms with Gasteiger partial charge in [-0.25, -0.2) is 9.78 Å². The number of pyridine rings is 1. The van der Waals surface area contributed by atoms with Crippen LogP contribution in [-0.4, -0.2) is 26.0 Å². The lowest BCUT2D eigenvalue weighted by molar-refractivity contribution is 0.0691. The first kappa shape index (κ1) is 13.0. The molecule has 0 saturated carbocycles. The van der Waals surface area contributed by atoms with E-state index in [0.717, 1.165) is 26.4 Å². The Morgan fingerprint density at radius 1 is 1.35 bits per heavy atom. The number of nitrogens with zero attached hydrogens (tertiary/aromatic N) is 2. The predicted octanol–water partition coefficient (Wildman–Crippen LogP) is 3.66. The van der Waals surface area contributed by atoms with E-state index in [-0.39, 0.29) is 5.69 Å². The van der Waals surface area contributed by atoms with Crippen molar-refractivity contribution in [3.63, 3.8) is 0 Å². The molecule has 0 amide bonds. The zero-order chi connectivity index (χ0) is 14.1. The number of halogens is 1. The summed E-state index contributed by atoms with van der Waals surface area (Å²) in [6, 6.07) is 5.35. The summed E-state index contributed by atoms with van der Waals surface area (Å²) in [4.78, 5) is 22.3. The maximum Gasteiger partial charge on any atom is 0.352 e. The first-order chi connectivity index (χ1) is 9.63. The van der Waals surface area contributed by atoms with Gasteiger partial charge in [-0.1, -0.05) is 0 Å². The molecule has 0 aliphatic carbocycles. The number of nitrogens with one attached hydrogen (secondary N) is 1. The monoisotopic (exact) mass is 349 g/mol. The fraction of sp³-hybridized carbons (Fsp3) is 0. The highest BCUT2D eigenvalue weighted by Gasteiger charge is 2.11. The van der Waals surface area contributed by atoms with Crippen molar-refractivity contribution in [3.8, 4) is 22.0 Å². The Labute approximate surface area is 126 Å². The van der Waals surface area contributed by atoms with Crippen LogP contribution in [0.1, 0.15) is 10.5 Å². The van der Waals surface area contributed by atoms with Crippen molar-refractivity contribution in [1.82, 2.24) is 15.0 Å². The minimum Gasteiger partial charge on any atom is -0.477 e. The Morgan fingerprint density at radius 3 is 2.85 bits per heavy atom. The van der Waals surface area contributed by atoms with Crippen LogP contribution in [0.2, 0.25) is 0 Å². The van der Waals surface area contributed by atoms with Crippen molar-refractivity contribution in [2.24, 2.45) is 0 Å². The van der Waals surface area contributed by atoms with Crippen molar-refractivity contribution in [2.45, 2.75) is 0 Å². The summed E-state index contributed by atoms with van der Waals surface area (Å²) in [7, 11) is 0. The van der Waals surface area contributed by atoms with Crippen molar-refractivity contribution in [2.75, 3.05) is 0 Å². The number of carboxylic acid groups (broad SMARTS) is 1. The maximum atomic E-state index is 10.8. The highest BCUT2D eigenvalue weighted by molar-refractivity contribution is 9.10. The highest BCUT2D eigenvalue weighted by Crippen LogP contribution is 2.28. The van der Waals surface area contributed by atoms with Gasteiger partial charge in [0, 0.05) is 27.8 Å². The molecule has 0 aliphatic rings. The number of thiazole rings is 1. The Balaban J connectivity index is 1.93. The minimum atomic E-state index is -0.985. The van der Waals surface area contributed by atoms with Crippen LogP contribution in [0, 0.1) is 0 Å². The lowest BCUT2D eigenvalue weighted by atomic mass is 10.2. The van der Waals surface area contributed by atoms with E-state index in [0.29, 0.717) is 0 Å². The normalized spacial score (nSPS) is 10.7. The average molecular weight is 350 g/mol. The van der Waals surface area contributed by atoms with Crippen LogP contribution in [0.25, 0.3) is 22.0 Å². The molecule has 0 saturated heterocycles. The second kappa shape index (κ2) is 5.18. The van der Waals surface area contributed by atoms with E-state index < -0.39 is 5.97 Å². The van der Waals surface area contributed by atoms with E-state index in [1.54, 1.807) is 18.5 Å². The fourth-order valence-electron chi connectivity index (χ4n) is 1.69. The number of hydrogen-bond donors (Lipinski definition) is 2. The first-order valence-corrected chi connectivity index (χ1v) is 7.30. The van der Waals surface area contributed by atoms with Gasteiger partial charge in [0.05, 0.1) is 11.4 Å². The van der Waals surface area contributed by atoms with E-state index in [4.69, 9.17) is 5.11 Å². The van der Waals surface area contributed by atoms with Gasteiger partial charge in [-0.05, 0) is 34.1 Å². The largest absolute Gasteiger partial charge is 0.477 e. The number of H-pyrrole nitrogens is 1. The molecule has 0 fully saturated rings. The maximum absolute atomic E-state index is 10.8. The third-order valence-corrected chi connectivity index (χ3v) is 3.99. The van der Waals surface area contributed by atoms with E-state index in [2.05, 4.69) is 30.9 Å². The van der Waals surface area contributed by atoms with Gasteiger partial charge in [-0.15, -0.1) is 11.3 Å². The van der Waals surface area contributed by atoms with Crippen LogP contribution < -0.4 is 0 Å². The summed E-state index contributed by atoms with van der Waals surface area (Å²) in [5.74, 6) is -0.985. The molecule has 0 bridgehead atoms. The fourth-order valence-corrected chi connectivity index (χ4v) is 2.73. The SMILES string of the molecule is O=C(O)c1cc(-c2csc(-c3ccc(Br)cn3)n2)c[nH]1. The van der Waals surface area contributed by atoms with Crippen molar-refractivity contribution in [1.29, 1.82) is 0 Å². The minimum absolute atomic E-state index is 0.149. The molecule has 20 heavy (non-hydrogen) atoms. The quantitative estimate of drug-likeness (QED) is 0.756. The zero-order valence-corrected chi connectivity index (χ0v) is 12.4. The molecular weight excluding hydrogens is 342 g/mol. The number of aromatic amines is 1. The second-order valence-corrected chi connectivity index (χ2v) is 5.78. The summed E-state index contributed by atoms with van der Waals surface area (Å²) in [5.41, 5.74) is 2.43. The van der Waals surface area contributed by atoms with Gasteiger partial charge in [-0.3, -0.25) is 4.98 Å². The van der Waals surface area contributed by atoms with Crippen LogP contribution in [0.15, 0.2) is 40.4 Å². The van der Waals surface area contributed by atoms with Crippen LogP contribution in [0.3, 0.4) is 0 Å². The highest BCUT2D eigenvalue weighted by atomic mass is 79.9. The number of carbonyl (C=O) groups is 1. The number of aromatic carboxylic acids is 1. The Kier molecular flexibility index (Phi) is 3.37. The van der Waals surface area contributed by atoms with Gasteiger partial charge in [0.25, 0.3) is 0 Å². The smallest absolute Gasteiger partial charge is 0.352 e. The average Bonchev–Trinajstić information content (AvgIpc) is 3.08. The van der Waals surface area contributed by atoms with E-state index >= 15 is 0 Å². The first-order valence-electron chi connectivity index (χ1n) is 5.63. The van der Waals surface area contributed by atoms with Gasteiger partial charge < -0.3 is 10.1 Å². The number of aromatic nitrogens is 3. The van der Waals surface area contributed by atoms with Gasteiger partial charge in [0.1, 0.15) is 10.7 Å². The molecule has 2 N–H and O–H groups in total. The summed E-state index contributed by atoms with van der Waals surface area (Å²) < 4.78 is 0.912. The van der Waals surface area contributed by atoms with Gasteiger partial charge >= 0.3 is 5.97 Å². The van der Waals surface area contributed by atoms with Gasteiger partial charge in [-0.2, -0.15) is 0 Å². The molecule has 0 atom stereocenters. The molecule has 5 nitrogen and oxygen atoms in total. The van der Waals surface area contributed by atoms with E-state index in [1.165, 1.54) is 11.3 Å². The number of carboxylic acids is 1. The molecule has 100 valence electrons. The zero-order valence-electron chi connectivity index (χ0n) is 10.0. The molecule has 7 heteroatoms. The summed E-state index contributed by atoms with van der Waals surface area (Å²) >= 11 is 4.81. The van der Waals surface area contributed by atoms with Crippen LogP contribution in [0.5, 0.6) is 0 Å². The third kappa shape index (κ3) is 2.50. The Hall–Kier alpha value is -1.99. The molecule has 0 spiro atoms. The molecule has 3 rings (SSSR count). The summed E-state index contributed by atoms with van der Waals surface area (Å²) in [6.45, 7) is 0. The molecule has 0 unspecified atom stereocenters. The third-order valence-electron chi connectivity index (χ3n) is 2.66. The lowest BCUT2D eigenvalue weighted by Gasteiger charge is -1.94. The molecule has 3 aromatic rings. The molecule has 3 aromatic heterocycles. The van der Waals surface area contributed by atoms with Crippen LogP contribution in [-0.2, 0) is 0 Å². The summed E-state index contributed by atoms with van der Waals surface area (Å²) in [6.07, 6.45) is 3.35. The standard InChI is InChI=1S/C13H8BrN3O2S/c14-8-1-2-9(16-5-8)12-17-11(6-20-12)7-3-10(13(18)19)15-4-7/h1-6,15H,(H,18,19). The topological polar surface area (TPSA) is 78.9 Å². The Morgan fingerprint density at radius 2 is 2.20 bits per heavy atom. The van der Waals surface area contributed by atoms with E-state index in [9.17, 15) is 4.79 Å². The van der Waals surface area contributed by atoms with Crippen molar-refractivity contribution in [3.05, 3.63) is 46.1 Å². The van der Waals surface area contributed by atoms with Gasteiger partial charge in [0.2, 0.25) is 0 Å².